The fourth-order valence-corrected chi connectivity index (χ4v) is 3.76. The van der Waals surface area contributed by atoms with Gasteiger partial charge in [0.1, 0.15) is 0 Å². The molecule has 24 heavy (non-hydrogen) atoms. The Bertz CT molecular complexity index is 878. The van der Waals surface area contributed by atoms with E-state index in [1.165, 1.54) is 23.4 Å². The molecule has 0 aliphatic heterocycles. The fraction of sp³-hybridized carbons (Fsp3) is 0.389. The van der Waals surface area contributed by atoms with Gasteiger partial charge in [0, 0.05) is 23.1 Å². The van der Waals surface area contributed by atoms with Crippen molar-refractivity contribution in [3.05, 3.63) is 46.0 Å². The first-order valence-corrected chi connectivity index (χ1v) is 9.20. The summed E-state index contributed by atoms with van der Waals surface area (Å²) in [6, 6.07) is 6.24. The van der Waals surface area contributed by atoms with Crippen LogP contribution in [0.2, 0.25) is 0 Å². The van der Waals surface area contributed by atoms with E-state index in [2.05, 4.69) is 45.9 Å². The smallest absolute Gasteiger partial charge is 0.222 e. The van der Waals surface area contributed by atoms with Gasteiger partial charge in [-0.05, 0) is 31.4 Å². The van der Waals surface area contributed by atoms with E-state index in [-0.39, 0.29) is 5.91 Å². The van der Waals surface area contributed by atoms with Crippen molar-refractivity contribution < 1.29 is 4.79 Å². The zero-order valence-electron chi connectivity index (χ0n) is 13.7. The van der Waals surface area contributed by atoms with E-state index in [9.17, 15) is 4.79 Å². The van der Waals surface area contributed by atoms with Gasteiger partial charge in [0.05, 0.1) is 35.5 Å². The largest absolute Gasteiger partial charge is 0.350 e. The van der Waals surface area contributed by atoms with Gasteiger partial charge in [-0.25, -0.2) is 4.98 Å². The minimum atomic E-state index is 0.0345. The lowest BCUT2D eigenvalue weighted by atomic mass is 10.2. The summed E-state index contributed by atoms with van der Waals surface area (Å²) >= 11 is 1.71. The topological polar surface area (TPSA) is 59.8 Å². The minimum Gasteiger partial charge on any atom is -0.350 e. The molecule has 3 aromatic rings. The van der Waals surface area contributed by atoms with Crippen LogP contribution >= 0.6 is 11.3 Å². The number of nitrogens with zero attached hydrogens (tertiary/aromatic N) is 3. The monoisotopic (exact) mass is 340 g/mol. The Balaban J connectivity index is 1.31. The van der Waals surface area contributed by atoms with Crippen molar-refractivity contribution in [2.45, 2.75) is 45.2 Å². The van der Waals surface area contributed by atoms with Crippen LogP contribution in [0.15, 0.2) is 29.8 Å². The molecular weight excluding hydrogens is 320 g/mol. The highest BCUT2D eigenvalue weighted by Crippen LogP contribution is 2.41. The Morgan fingerprint density at radius 1 is 1.42 bits per heavy atom. The van der Waals surface area contributed by atoms with E-state index in [0.29, 0.717) is 25.4 Å². The average molecular weight is 340 g/mol. The summed E-state index contributed by atoms with van der Waals surface area (Å²) in [6.45, 7) is 3.16. The van der Waals surface area contributed by atoms with Crippen molar-refractivity contribution in [1.82, 2.24) is 20.1 Å². The van der Waals surface area contributed by atoms with Crippen LogP contribution in [0.1, 0.15) is 41.4 Å². The third kappa shape index (κ3) is 3.33. The molecule has 2 aromatic heterocycles. The first-order chi connectivity index (χ1) is 11.7. The molecule has 0 radical (unpaired) electrons. The molecule has 0 unspecified atom stereocenters. The Morgan fingerprint density at radius 2 is 2.29 bits per heavy atom. The number of nitrogens with one attached hydrogen (secondary N) is 1. The second-order valence-electron chi connectivity index (χ2n) is 6.41. The number of rotatable bonds is 6. The zero-order chi connectivity index (χ0) is 16.5. The van der Waals surface area contributed by atoms with Gasteiger partial charge in [0.15, 0.2) is 0 Å². The van der Waals surface area contributed by atoms with Gasteiger partial charge in [0.2, 0.25) is 5.91 Å². The molecular formula is C18H20N4OS. The maximum atomic E-state index is 12.1. The molecule has 4 rings (SSSR count). The Hall–Kier alpha value is -2.21. The van der Waals surface area contributed by atoms with Crippen molar-refractivity contribution in [1.29, 1.82) is 0 Å². The van der Waals surface area contributed by atoms with E-state index in [0.717, 1.165) is 16.6 Å². The lowest BCUT2D eigenvalue weighted by molar-refractivity contribution is -0.121. The van der Waals surface area contributed by atoms with Crippen molar-refractivity contribution >= 4 is 28.1 Å². The van der Waals surface area contributed by atoms with Gasteiger partial charge in [-0.1, -0.05) is 12.1 Å². The molecule has 1 amide bonds. The molecule has 5 nitrogen and oxygen atoms in total. The molecule has 0 spiro atoms. The minimum absolute atomic E-state index is 0.0345. The first kappa shape index (κ1) is 15.3. The standard InChI is InChI=1S/C18H20N4OS/c1-12-2-3-14-9-20-22(16(14)8-12)7-6-17(23)19-10-15-11-24-18(21-15)13-4-5-13/h2-3,8-9,11,13H,4-7,10H2,1H3,(H,19,23). The van der Waals surface area contributed by atoms with Crippen LogP contribution in [-0.4, -0.2) is 20.7 Å². The normalized spacial score (nSPS) is 14.2. The number of hydrogen-bond donors (Lipinski definition) is 1. The molecule has 1 aromatic carbocycles. The molecule has 1 fully saturated rings. The summed E-state index contributed by atoms with van der Waals surface area (Å²) in [7, 11) is 0. The Labute approximate surface area is 144 Å². The lowest BCUT2D eigenvalue weighted by Gasteiger charge is -2.05. The molecule has 2 heterocycles. The summed E-state index contributed by atoms with van der Waals surface area (Å²) < 4.78 is 1.90. The van der Waals surface area contributed by atoms with E-state index >= 15 is 0 Å². The summed E-state index contributed by atoms with van der Waals surface area (Å²) in [4.78, 5) is 16.7. The zero-order valence-corrected chi connectivity index (χ0v) is 14.5. The number of aryl methyl sites for hydroxylation is 2. The number of thiazole rings is 1. The lowest BCUT2D eigenvalue weighted by Crippen LogP contribution is -2.24. The second kappa shape index (κ2) is 6.36. The summed E-state index contributed by atoms with van der Waals surface area (Å²) in [5.41, 5.74) is 3.25. The third-order valence-electron chi connectivity index (χ3n) is 4.31. The first-order valence-electron chi connectivity index (χ1n) is 8.32. The highest BCUT2D eigenvalue weighted by atomic mass is 32.1. The number of aromatic nitrogens is 3. The molecule has 0 saturated heterocycles. The second-order valence-corrected chi connectivity index (χ2v) is 7.30. The average Bonchev–Trinajstić information content (AvgIpc) is 3.19. The molecule has 124 valence electrons. The third-order valence-corrected chi connectivity index (χ3v) is 5.37. The molecule has 1 saturated carbocycles. The predicted molar refractivity (Wildman–Crippen MR) is 95.0 cm³/mol. The maximum absolute atomic E-state index is 12.1. The van der Waals surface area contributed by atoms with Crippen molar-refractivity contribution in [2.24, 2.45) is 0 Å². The number of benzene rings is 1. The molecule has 0 bridgehead atoms. The van der Waals surface area contributed by atoms with Crippen LogP contribution in [0, 0.1) is 6.92 Å². The fourth-order valence-electron chi connectivity index (χ4n) is 2.77. The number of fused-ring (bicyclic) bond motifs is 1. The van der Waals surface area contributed by atoms with Crippen LogP contribution in [0.25, 0.3) is 10.9 Å². The van der Waals surface area contributed by atoms with Gasteiger partial charge >= 0.3 is 0 Å². The van der Waals surface area contributed by atoms with Crippen molar-refractivity contribution in [3.8, 4) is 0 Å². The van der Waals surface area contributed by atoms with Crippen molar-refractivity contribution in [3.63, 3.8) is 0 Å². The summed E-state index contributed by atoms with van der Waals surface area (Å²) in [5.74, 6) is 0.711. The number of carbonyl (C=O) groups excluding carboxylic acids is 1. The van der Waals surface area contributed by atoms with Crippen molar-refractivity contribution in [2.75, 3.05) is 0 Å². The van der Waals surface area contributed by atoms with E-state index < -0.39 is 0 Å². The van der Waals surface area contributed by atoms with Crippen LogP contribution in [0.5, 0.6) is 0 Å². The van der Waals surface area contributed by atoms with Crippen LogP contribution < -0.4 is 5.32 Å². The highest BCUT2D eigenvalue weighted by molar-refractivity contribution is 7.09. The highest BCUT2D eigenvalue weighted by Gasteiger charge is 2.26. The van der Waals surface area contributed by atoms with Crippen LogP contribution in [0.4, 0.5) is 0 Å². The molecule has 1 aliphatic carbocycles. The number of hydrogen-bond acceptors (Lipinski definition) is 4. The quantitative estimate of drug-likeness (QED) is 0.748. The Kier molecular flexibility index (Phi) is 4.06. The van der Waals surface area contributed by atoms with Gasteiger partial charge in [0.25, 0.3) is 0 Å². The van der Waals surface area contributed by atoms with E-state index in [1.54, 1.807) is 11.3 Å². The number of carbonyl (C=O) groups is 1. The predicted octanol–water partition coefficient (Wildman–Crippen LogP) is 3.39. The SMILES string of the molecule is Cc1ccc2cnn(CCC(=O)NCc3csc(C4CC4)n3)c2c1. The van der Waals surface area contributed by atoms with E-state index in [4.69, 9.17) is 0 Å². The van der Waals surface area contributed by atoms with Gasteiger partial charge < -0.3 is 5.32 Å². The molecule has 1 N–H and O–H groups in total. The van der Waals surface area contributed by atoms with Gasteiger partial charge in [-0.2, -0.15) is 5.10 Å². The molecule has 1 aliphatic rings. The Morgan fingerprint density at radius 3 is 3.12 bits per heavy atom. The van der Waals surface area contributed by atoms with Crippen LogP contribution in [-0.2, 0) is 17.9 Å². The maximum Gasteiger partial charge on any atom is 0.222 e. The summed E-state index contributed by atoms with van der Waals surface area (Å²) in [5, 5.41) is 11.7. The molecule has 6 heteroatoms. The van der Waals surface area contributed by atoms with Gasteiger partial charge in [-0.15, -0.1) is 11.3 Å². The molecule has 0 atom stereocenters. The number of amides is 1. The van der Waals surface area contributed by atoms with E-state index in [1.807, 2.05) is 10.9 Å². The van der Waals surface area contributed by atoms with Crippen LogP contribution in [0.3, 0.4) is 0 Å². The summed E-state index contributed by atoms with van der Waals surface area (Å²) in [6.07, 6.45) is 4.79. The van der Waals surface area contributed by atoms with Gasteiger partial charge in [-0.3, -0.25) is 9.48 Å².